The minimum atomic E-state index is -3.76. The van der Waals surface area contributed by atoms with E-state index in [0.29, 0.717) is 21.7 Å². The molecule has 0 radical (unpaired) electrons. The predicted octanol–water partition coefficient (Wildman–Crippen LogP) is 2.38. The van der Waals surface area contributed by atoms with E-state index in [1.54, 1.807) is 24.4 Å². The Morgan fingerprint density at radius 1 is 1.24 bits per heavy atom. The van der Waals surface area contributed by atoms with Gasteiger partial charge >= 0.3 is 0 Å². The summed E-state index contributed by atoms with van der Waals surface area (Å²) in [4.78, 5) is 9.15. The summed E-state index contributed by atoms with van der Waals surface area (Å²) in [5.74, 6) is 0. The van der Waals surface area contributed by atoms with E-state index in [4.69, 9.17) is 5.73 Å². The Morgan fingerprint density at radius 3 is 2.76 bits per heavy atom. The molecule has 3 rings (SSSR count). The SMILES string of the molecule is Cc1cnc(NS(=O)(=O)c2ccc(N)c3cccnc23)s1. The molecule has 0 unspecified atom stereocenters. The van der Waals surface area contributed by atoms with Crippen LogP contribution in [0.15, 0.2) is 41.6 Å². The van der Waals surface area contributed by atoms with Crippen molar-refractivity contribution in [1.82, 2.24) is 9.97 Å². The van der Waals surface area contributed by atoms with Gasteiger partial charge in [-0.1, -0.05) is 0 Å². The third-order valence-electron chi connectivity index (χ3n) is 2.90. The zero-order valence-corrected chi connectivity index (χ0v) is 12.7. The van der Waals surface area contributed by atoms with Crippen molar-refractivity contribution in [3.63, 3.8) is 0 Å². The van der Waals surface area contributed by atoms with Gasteiger partial charge in [-0.2, -0.15) is 0 Å². The number of nitrogen functional groups attached to an aromatic ring is 1. The number of nitrogens with one attached hydrogen (secondary N) is 1. The van der Waals surface area contributed by atoms with Crippen molar-refractivity contribution in [2.75, 3.05) is 10.5 Å². The fraction of sp³-hybridized carbons (Fsp3) is 0.0769. The molecule has 0 aliphatic heterocycles. The van der Waals surface area contributed by atoms with E-state index in [9.17, 15) is 8.42 Å². The Morgan fingerprint density at radius 2 is 2.05 bits per heavy atom. The average Bonchev–Trinajstić information content (AvgIpc) is 2.83. The number of anilines is 2. The van der Waals surface area contributed by atoms with Crippen LogP contribution in [0.5, 0.6) is 0 Å². The summed E-state index contributed by atoms with van der Waals surface area (Å²) in [6.45, 7) is 1.86. The van der Waals surface area contributed by atoms with E-state index in [1.165, 1.54) is 23.6 Å². The van der Waals surface area contributed by atoms with Crippen molar-refractivity contribution in [3.8, 4) is 0 Å². The molecule has 0 amide bonds. The Labute approximate surface area is 125 Å². The van der Waals surface area contributed by atoms with Gasteiger partial charge in [0.15, 0.2) is 5.13 Å². The molecule has 0 fully saturated rings. The quantitative estimate of drug-likeness (QED) is 0.722. The van der Waals surface area contributed by atoms with Crippen LogP contribution in [0.3, 0.4) is 0 Å². The number of benzene rings is 1. The van der Waals surface area contributed by atoms with Gasteiger partial charge in [0.1, 0.15) is 4.90 Å². The second-order valence-corrected chi connectivity index (χ2v) is 7.32. The van der Waals surface area contributed by atoms with E-state index in [-0.39, 0.29) is 4.90 Å². The Bertz CT molecular complexity index is 919. The fourth-order valence-corrected chi connectivity index (χ4v) is 4.03. The summed E-state index contributed by atoms with van der Waals surface area (Å²) in [6.07, 6.45) is 3.15. The van der Waals surface area contributed by atoms with Crippen molar-refractivity contribution < 1.29 is 8.42 Å². The largest absolute Gasteiger partial charge is 0.398 e. The number of thiazole rings is 1. The molecule has 21 heavy (non-hydrogen) atoms. The van der Waals surface area contributed by atoms with Gasteiger partial charge in [-0.3, -0.25) is 9.71 Å². The van der Waals surface area contributed by atoms with Gasteiger partial charge in [0, 0.05) is 28.3 Å². The lowest BCUT2D eigenvalue weighted by Crippen LogP contribution is -2.13. The van der Waals surface area contributed by atoms with Crippen LogP contribution in [0.2, 0.25) is 0 Å². The third kappa shape index (κ3) is 2.55. The van der Waals surface area contributed by atoms with Crippen molar-refractivity contribution in [2.45, 2.75) is 11.8 Å². The summed E-state index contributed by atoms with van der Waals surface area (Å²) in [5, 5.41) is 0.934. The molecular formula is C13H12N4O2S2. The molecule has 1 aromatic carbocycles. The summed E-state index contributed by atoms with van der Waals surface area (Å²) < 4.78 is 27.5. The first-order chi connectivity index (χ1) is 9.97. The number of nitrogens with zero attached hydrogens (tertiary/aromatic N) is 2. The number of pyridine rings is 1. The highest BCUT2D eigenvalue weighted by atomic mass is 32.2. The number of rotatable bonds is 3. The van der Waals surface area contributed by atoms with Crippen LogP contribution < -0.4 is 10.5 Å². The topological polar surface area (TPSA) is 98.0 Å². The average molecular weight is 320 g/mol. The summed E-state index contributed by atoms with van der Waals surface area (Å²) in [5.41, 5.74) is 6.69. The Kier molecular flexibility index (Phi) is 3.26. The first-order valence-corrected chi connectivity index (χ1v) is 8.36. The van der Waals surface area contributed by atoms with Gasteiger partial charge in [0.05, 0.1) is 5.52 Å². The van der Waals surface area contributed by atoms with Gasteiger partial charge in [0.25, 0.3) is 10.0 Å². The normalized spacial score (nSPS) is 11.7. The molecule has 0 aliphatic carbocycles. The number of aromatic nitrogens is 2. The minimum absolute atomic E-state index is 0.0835. The maximum Gasteiger partial charge on any atom is 0.265 e. The number of fused-ring (bicyclic) bond motifs is 1. The van der Waals surface area contributed by atoms with E-state index in [2.05, 4.69) is 14.7 Å². The van der Waals surface area contributed by atoms with Crippen molar-refractivity contribution in [2.24, 2.45) is 0 Å². The maximum absolute atomic E-state index is 12.5. The second-order valence-electron chi connectivity index (χ2n) is 4.43. The van der Waals surface area contributed by atoms with Gasteiger partial charge < -0.3 is 5.73 Å². The minimum Gasteiger partial charge on any atom is -0.398 e. The van der Waals surface area contributed by atoms with E-state index in [1.807, 2.05) is 6.92 Å². The predicted molar refractivity (Wildman–Crippen MR) is 83.8 cm³/mol. The van der Waals surface area contributed by atoms with Crippen molar-refractivity contribution >= 4 is 43.1 Å². The summed E-state index contributed by atoms with van der Waals surface area (Å²) in [6, 6.07) is 6.47. The third-order valence-corrected chi connectivity index (χ3v) is 5.23. The lowest BCUT2D eigenvalue weighted by Gasteiger charge is -2.09. The molecule has 0 atom stereocenters. The van der Waals surface area contributed by atoms with Crippen LogP contribution in [0.25, 0.3) is 10.9 Å². The van der Waals surface area contributed by atoms with E-state index >= 15 is 0 Å². The highest BCUT2D eigenvalue weighted by Gasteiger charge is 2.20. The molecular weight excluding hydrogens is 308 g/mol. The van der Waals surface area contributed by atoms with Crippen LogP contribution >= 0.6 is 11.3 Å². The molecule has 0 saturated heterocycles. The van der Waals surface area contributed by atoms with E-state index in [0.717, 1.165) is 4.88 Å². The maximum atomic E-state index is 12.5. The monoisotopic (exact) mass is 320 g/mol. The molecule has 0 spiro atoms. The molecule has 0 aliphatic rings. The van der Waals surface area contributed by atoms with Gasteiger partial charge in [0.2, 0.25) is 0 Å². The smallest absolute Gasteiger partial charge is 0.265 e. The molecule has 108 valence electrons. The lowest BCUT2D eigenvalue weighted by molar-refractivity contribution is 0.602. The zero-order valence-electron chi connectivity index (χ0n) is 11.1. The zero-order chi connectivity index (χ0) is 15.0. The van der Waals surface area contributed by atoms with Crippen LogP contribution in [0, 0.1) is 6.92 Å². The number of hydrogen-bond acceptors (Lipinski definition) is 6. The van der Waals surface area contributed by atoms with Crippen LogP contribution in [0.1, 0.15) is 4.88 Å². The summed E-state index contributed by atoms with van der Waals surface area (Å²) in [7, 11) is -3.76. The molecule has 0 bridgehead atoms. The number of nitrogens with two attached hydrogens (primary N) is 1. The van der Waals surface area contributed by atoms with Crippen LogP contribution in [0.4, 0.5) is 10.8 Å². The molecule has 8 heteroatoms. The molecule has 2 heterocycles. The van der Waals surface area contributed by atoms with Crippen LogP contribution in [-0.4, -0.2) is 18.4 Å². The second kappa shape index (κ2) is 4.97. The lowest BCUT2D eigenvalue weighted by atomic mass is 10.2. The number of sulfonamides is 1. The highest BCUT2D eigenvalue weighted by Crippen LogP contribution is 2.28. The molecule has 6 nitrogen and oxygen atoms in total. The molecule has 2 aromatic heterocycles. The van der Waals surface area contributed by atoms with Gasteiger partial charge in [-0.05, 0) is 31.2 Å². The number of hydrogen-bond donors (Lipinski definition) is 2. The van der Waals surface area contributed by atoms with Gasteiger partial charge in [-0.15, -0.1) is 11.3 Å². The molecule has 3 aromatic rings. The Balaban J connectivity index is 2.13. The summed E-state index contributed by atoms with van der Waals surface area (Å²) >= 11 is 1.27. The Hall–Kier alpha value is -2.19. The first kappa shape index (κ1) is 13.8. The first-order valence-electron chi connectivity index (χ1n) is 6.06. The molecule has 0 saturated carbocycles. The van der Waals surface area contributed by atoms with Crippen LogP contribution in [-0.2, 0) is 10.0 Å². The highest BCUT2D eigenvalue weighted by molar-refractivity contribution is 7.93. The van der Waals surface area contributed by atoms with Gasteiger partial charge in [-0.25, -0.2) is 13.4 Å². The van der Waals surface area contributed by atoms with Crippen molar-refractivity contribution in [3.05, 3.63) is 41.5 Å². The van der Waals surface area contributed by atoms with Crippen molar-refractivity contribution in [1.29, 1.82) is 0 Å². The van der Waals surface area contributed by atoms with E-state index < -0.39 is 10.0 Å². The molecule has 3 N–H and O–H groups in total. The fourth-order valence-electron chi connectivity index (χ4n) is 1.96. The number of aryl methyl sites for hydroxylation is 1. The standard InChI is InChI=1S/C13H12N4O2S2/c1-8-7-16-13(20-8)17-21(18,19)11-5-4-10(14)9-3-2-6-15-12(9)11/h2-7H,14H2,1H3,(H,16,17).